The van der Waals surface area contributed by atoms with E-state index in [0.29, 0.717) is 31.2 Å². The van der Waals surface area contributed by atoms with Crippen molar-refractivity contribution < 1.29 is 19.2 Å². The Morgan fingerprint density at radius 2 is 1.89 bits per heavy atom. The highest BCUT2D eigenvalue weighted by molar-refractivity contribution is 5.78. The monoisotopic (exact) mass is 377 g/mol. The molecule has 0 atom stereocenters. The van der Waals surface area contributed by atoms with Gasteiger partial charge in [-0.15, -0.1) is 0 Å². The molecule has 1 aliphatic carbocycles. The van der Waals surface area contributed by atoms with Gasteiger partial charge in [0.1, 0.15) is 5.60 Å². The molecule has 1 aromatic carbocycles. The Morgan fingerprint density at radius 1 is 1.22 bits per heavy atom. The highest BCUT2D eigenvalue weighted by atomic mass is 16.6. The number of hydrogen-bond acceptors (Lipinski definition) is 5. The number of rotatable bonds is 5. The van der Waals surface area contributed by atoms with Gasteiger partial charge in [0.2, 0.25) is 5.91 Å². The molecule has 0 radical (unpaired) electrons. The average Bonchev–Trinajstić information content (AvgIpc) is 2.59. The zero-order valence-electron chi connectivity index (χ0n) is 16.0. The fraction of sp³-hybridized carbons (Fsp3) is 0.579. The minimum atomic E-state index is -0.534. The quantitative estimate of drug-likeness (QED) is 0.604. The SMILES string of the molecule is CC(C)(C)OC(=O)N[C@H]1CC[C@@H](C(=O)NCc2cccc([N+](=O)[O-])c2)CC1. The molecule has 0 bridgehead atoms. The van der Waals surface area contributed by atoms with E-state index in [2.05, 4.69) is 10.6 Å². The first-order valence-electron chi connectivity index (χ1n) is 9.14. The van der Waals surface area contributed by atoms with Gasteiger partial charge in [0.25, 0.3) is 5.69 Å². The van der Waals surface area contributed by atoms with Crippen molar-refractivity contribution in [1.82, 2.24) is 10.6 Å². The fourth-order valence-electron chi connectivity index (χ4n) is 3.09. The number of benzene rings is 1. The van der Waals surface area contributed by atoms with E-state index in [1.807, 2.05) is 20.8 Å². The van der Waals surface area contributed by atoms with Gasteiger partial charge in [0.15, 0.2) is 0 Å². The van der Waals surface area contributed by atoms with Crippen LogP contribution in [-0.4, -0.2) is 28.6 Å². The maximum Gasteiger partial charge on any atom is 0.407 e. The van der Waals surface area contributed by atoms with Gasteiger partial charge in [-0.2, -0.15) is 0 Å². The molecule has 148 valence electrons. The second kappa shape index (κ2) is 8.83. The number of alkyl carbamates (subject to hydrolysis) is 1. The molecule has 2 rings (SSSR count). The van der Waals surface area contributed by atoms with Crippen LogP contribution >= 0.6 is 0 Å². The maximum atomic E-state index is 12.3. The van der Waals surface area contributed by atoms with Gasteiger partial charge in [-0.05, 0) is 52.0 Å². The van der Waals surface area contributed by atoms with Crippen molar-refractivity contribution in [2.45, 2.75) is 64.6 Å². The van der Waals surface area contributed by atoms with E-state index in [4.69, 9.17) is 4.74 Å². The van der Waals surface area contributed by atoms with Crippen LogP contribution in [0.4, 0.5) is 10.5 Å². The molecule has 1 fully saturated rings. The summed E-state index contributed by atoms with van der Waals surface area (Å²) in [6.45, 7) is 5.70. The van der Waals surface area contributed by atoms with Crippen molar-refractivity contribution in [3.05, 3.63) is 39.9 Å². The number of nitrogens with zero attached hydrogens (tertiary/aromatic N) is 1. The lowest BCUT2D eigenvalue weighted by atomic mass is 9.85. The lowest BCUT2D eigenvalue weighted by Crippen LogP contribution is -2.42. The van der Waals surface area contributed by atoms with E-state index < -0.39 is 16.6 Å². The molecule has 0 spiro atoms. The maximum absolute atomic E-state index is 12.3. The minimum absolute atomic E-state index is 0.00970. The van der Waals surface area contributed by atoms with Gasteiger partial charge in [0.05, 0.1) is 4.92 Å². The van der Waals surface area contributed by atoms with E-state index in [1.54, 1.807) is 12.1 Å². The first kappa shape index (κ1) is 20.7. The van der Waals surface area contributed by atoms with E-state index in [1.165, 1.54) is 12.1 Å². The Balaban J connectivity index is 1.75. The molecule has 0 aromatic heterocycles. The number of nitro groups is 1. The lowest BCUT2D eigenvalue weighted by molar-refractivity contribution is -0.384. The van der Waals surface area contributed by atoms with Crippen molar-refractivity contribution in [2.75, 3.05) is 0 Å². The standard InChI is InChI=1S/C19H27N3O5/c1-19(2,3)27-18(24)21-15-9-7-14(8-10-15)17(23)20-12-13-5-4-6-16(11-13)22(25)26/h4-6,11,14-15H,7-10,12H2,1-3H3,(H,20,23)(H,21,24)/t14-,15+. The molecule has 0 heterocycles. The van der Waals surface area contributed by atoms with Gasteiger partial charge in [-0.1, -0.05) is 12.1 Å². The average molecular weight is 377 g/mol. The van der Waals surface area contributed by atoms with E-state index in [9.17, 15) is 19.7 Å². The molecule has 2 amide bonds. The summed E-state index contributed by atoms with van der Waals surface area (Å²) >= 11 is 0. The third-order valence-electron chi connectivity index (χ3n) is 4.41. The topological polar surface area (TPSA) is 111 Å². The third kappa shape index (κ3) is 6.88. The Bertz CT molecular complexity index is 691. The summed E-state index contributed by atoms with van der Waals surface area (Å²) in [4.78, 5) is 34.5. The summed E-state index contributed by atoms with van der Waals surface area (Å²) in [5.74, 6) is -0.169. The Hall–Kier alpha value is -2.64. The van der Waals surface area contributed by atoms with Crippen LogP contribution in [0.5, 0.6) is 0 Å². The molecule has 2 N–H and O–H groups in total. The molecule has 0 aliphatic heterocycles. The van der Waals surface area contributed by atoms with Gasteiger partial charge in [-0.3, -0.25) is 14.9 Å². The number of non-ortho nitro benzene ring substituents is 1. The Labute approximate surface area is 158 Å². The number of nitro benzene ring substituents is 1. The van der Waals surface area contributed by atoms with Gasteiger partial charge < -0.3 is 15.4 Å². The van der Waals surface area contributed by atoms with Crippen molar-refractivity contribution in [3.63, 3.8) is 0 Å². The highest BCUT2D eigenvalue weighted by Crippen LogP contribution is 2.25. The Morgan fingerprint density at radius 3 is 2.48 bits per heavy atom. The molecule has 1 aromatic rings. The molecule has 1 saturated carbocycles. The number of amides is 2. The number of nitrogens with one attached hydrogen (secondary N) is 2. The smallest absolute Gasteiger partial charge is 0.407 e. The van der Waals surface area contributed by atoms with Crippen molar-refractivity contribution in [3.8, 4) is 0 Å². The molecule has 27 heavy (non-hydrogen) atoms. The molecular weight excluding hydrogens is 350 g/mol. The van der Waals surface area contributed by atoms with Gasteiger partial charge in [-0.25, -0.2) is 4.79 Å². The number of carbonyl (C=O) groups is 2. The summed E-state index contributed by atoms with van der Waals surface area (Å²) < 4.78 is 5.25. The predicted octanol–water partition coefficient (Wildman–Crippen LogP) is 3.29. The van der Waals surface area contributed by atoms with Crippen LogP contribution in [0, 0.1) is 16.0 Å². The second-order valence-corrected chi connectivity index (χ2v) is 7.84. The van der Waals surface area contributed by atoms with Crippen molar-refractivity contribution in [1.29, 1.82) is 0 Å². The summed E-state index contributed by atoms with van der Waals surface area (Å²) in [5.41, 5.74) is 0.168. The van der Waals surface area contributed by atoms with Crippen LogP contribution in [0.2, 0.25) is 0 Å². The highest BCUT2D eigenvalue weighted by Gasteiger charge is 2.28. The number of carbonyl (C=O) groups excluding carboxylic acids is 2. The van der Waals surface area contributed by atoms with Crippen LogP contribution in [0.3, 0.4) is 0 Å². The third-order valence-corrected chi connectivity index (χ3v) is 4.41. The molecule has 8 heteroatoms. The predicted molar refractivity (Wildman–Crippen MR) is 100 cm³/mol. The largest absolute Gasteiger partial charge is 0.444 e. The molecule has 1 aliphatic rings. The number of ether oxygens (including phenoxy) is 1. The lowest BCUT2D eigenvalue weighted by Gasteiger charge is -2.29. The zero-order valence-corrected chi connectivity index (χ0v) is 16.0. The van der Waals surface area contributed by atoms with Crippen LogP contribution in [0.25, 0.3) is 0 Å². The van der Waals surface area contributed by atoms with Crippen LogP contribution in [-0.2, 0) is 16.1 Å². The zero-order chi connectivity index (χ0) is 20.0. The van der Waals surface area contributed by atoms with Gasteiger partial charge >= 0.3 is 6.09 Å². The summed E-state index contributed by atoms with van der Waals surface area (Å²) in [5, 5.41) is 16.5. The second-order valence-electron chi connectivity index (χ2n) is 7.84. The van der Waals surface area contributed by atoms with Gasteiger partial charge in [0, 0.05) is 30.6 Å². The van der Waals surface area contributed by atoms with E-state index in [0.717, 1.165) is 0 Å². The first-order chi connectivity index (χ1) is 12.6. The molecule has 8 nitrogen and oxygen atoms in total. The van der Waals surface area contributed by atoms with E-state index in [-0.39, 0.29) is 30.1 Å². The van der Waals surface area contributed by atoms with E-state index >= 15 is 0 Å². The molecule has 0 unspecified atom stereocenters. The minimum Gasteiger partial charge on any atom is -0.444 e. The molecular formula is C19H27N3O5. The normalized spacial score (nSPS) is 19.8. The van der Waals surface area contributed by atoms with Crippen LogP contribution < -0.4 is 10.6 Å². The molecule has 0 saturated heterocycles. The number of hydrogen-bond donors (Lipinski definition) is 2. The summed E-state index contributed by atoms with van der Waals surface area (Å²) in [7, 11) is 0. The van der Waals surface area contributed by atoms with Crippen molar-refractivity contribution >= 4 is 17.7 Å². The first-order valence-corrected chi connectivity index (χ1v) is 9.14. The summed E-state index contributed by atoms with van der Waals surface area (Å²) in [6, 6.07) is 6.24. The van der Waals surface area contributed by atoms with Crippen molar-refractivity contribution in [2.24, 2.45) is 5.92 Å². The van der Waals surface area contributed by atoms with Crippen LogP contribution in [0.15, 0.2) is 24.3 Å². The van der Waals surface area contributed by atoms with Crippen LogP contribution in [0.1, 0.15) is 52.0 Å². The fourth-order valence-corrected chi connectivity index (χ4v) is 3.09. The summed E-state index contributed by atoms with van der Waals surface area (Å²) in [6.07, 6.45) is 2.37. The Kier molecular flexibility index (Phi) is 6.76.